The van der Waals surface area contributed by atoms with Gasteiger partial charge in [-0.3, -0.25) is 0 Å². The summed E-state index contributed by atoms with van der Waals surface area (Å²) in [5.74, 6) is 2.06. The van der Waals surface area contributed by atoms with Gasteiger partial charge in [-0.15, -0.1) is 0 Å². The highest BCUT2D eigenvalue weighted by Gasteiger charge is 2.18. The Kier molecular flexibility index (Phi) is 7.55. The van der Waals surface area contributed by atoms with Crippen LogP contribution in [0.25, 0.3) is 89.9 Å². The van der Waals surface area contributed by atoms with Crippen LogP contribution in [-0.4, -0.2) is 29.9 Å². The second-order valence-corrected chi connectivity index (χ2v) is 12.1. The molecule has 0 bridgehead atoms. The molecular weight excluding hydrogens is 632 g/mol. The molecule has 9 rings (SSSR count). The van der Waals surface area contributed by atoms with Crippen molar-refractivity contribution < 1.29 is 4.39 Å². The molecule has 2 aromatic heterocycles. The number of hydrogen-bond acceptors (Lipinski definition) is 6. The van der Waals surface area contributed by atoms with Gasteiger partial charge < -0.3 is 0 Å². The lowest BCUT2D eigenvalue weighted by atomic mass is 10.00. The molecule has 0 saturated heterocycles. The van der Waals surface area contributed by atoms with E-state index in [1.54, 1.807) is 12.1 Å². The summed E-state index contributed by atoms with van der Waals surface area (Å²) in [4.78, 5) is 29.1. The van der Waals surface area contributed by atoms with E-state index in [1.165, 1.54) is 16.8 Å². The first-order valence-electron chi connectivity index (χ1n) is 16.6. The predicted octanol–water partition coefficient (Wildman–Crippen LogP) is 10.5. The van der Waals surface area contributed by atoms with Gasteiger partial charge in [0.1, 0.15) is 5.82 Å². The average Bonchev–Trinajstić information content (AvgIpc) is 3.21. The van der Waals surface area contributed by atoms with Gasteiger partial charge >= 0.3 is 0 Å². The zero-order chi connectivity index (χ0) is 34.1. The van der Waals surface area contributed by atoms with Crippen LogP contribution in [0, 0.1) is 5.82 Å². The van der Waals surface area contributed by atoms with Gasteiger partial charge in [-0.1, -0.05) is 140 Å². The van der Waals surface area contributed by atoms with Crippen LogP contribution in [0.15, 0.2) is 164 Å². The van der Waals surface area contributed by atoms with Crippen molar-refractivity contribution in [2.75, 3.05) is 0 Å². The van der Waals surface area contributed by atoms with E-state index >= 15 is 4.39 Å². The number of halogens is 1. The third-order valence-corrected chi connectivity index (χ3v) is 8.84. The van der Waals surface area contributed by atoms with Crippen LogP contribution < -0.4 is 0 Å². The summed E-state index contributed by atoms with van der Waals surface area (Å²) in [5.41, 5.74) is 4.10. The molecule has 7 aromatic carbocycles. The fraction of sp³-hybridized carbons (Fsp3) is 0. The summed E-state index contributed by atoms with van der Waals surface area (Å²) in [6.07, 6.45) is 0. The molecule has 9 aromatic rings. The standard InChI is InChI=1S/C44H27FN6/c45-38-25-23-34(27-37(38)44-50-40(30-15-6-2-7-16-30)46-41(51-44)31-17-8-3-9-18-31)43-48-39(29-13-4-1-5-14-29)47-42(49-43)33-22-24-36-32(26-33)21-20-28-12-10-11-19-35(28)36/h1-27H. The Bertz CT molecular complexity index is 2640. The topological polar surface area (TPSA) is 77.3 Å². The van der Waals surface area contributed by atoms with Gasteiger partial charge in [-0.25, -0.2) is 34.3 Å². The van der Waals surface area contributed by atoms with Crippen molar-refractivity contribution in [2.45, 2.75) is 0 Å². The molecule has 6 nitrogen and oxygen atoms in total. The highest BCUT2D eigenvalue weighted by Crippen LogP contribution is 2.33. The van der Waals surface area contributed by atoms with Gasteiger partial charge in [0.25, 0.3) is 0 Å². The minimum absolute atomic E-state index is 0.210. The molecule has 0 radical (unpaired) electrons. The van der Waals surface area contributed by atoms with E-state index in [0.717, 1.165) is 33.0 Å². The van der Waals surface area contributed by atoms with Crippen LogP contribution in [0.1, 0.15) is 0 Å². The largest absolute Gasteiger partial charge is 0.208 e. The van der Waals surface area contributed by atoms with Crippen molar-refractivity contribution in [3.05, 3.63) is 170 Å². The second-order valence-electron chi connectivity index (χ2n) is 12.1. The highest BCUT2D eigenvalue weighted by molar-refractivity contribution is 6.08. The molecule has 0 aliphatic heterocycles. The second kappa shape index (κ2) is 12.8. The molecular formula is C44H27FN6. The van der Waals surface area contributed by atoms with Crippen molar-refractivity contribution >= 4 is 21.5 Å². The SMILES string of the molecule is Fc1ccc(-c2nc(-c3ccccc3)nc(-c3ccc4c(ccc5ccccc54)c3)n2)cc1-c1nc(-c2ccccc2)nc(-c2ccccc2)n1. The Balaban J connectivity index is 1.20. The minimum Gasteiger partial charge on any atom is -0.208 e. The first-order valence-corrected chi connectivity index (χ1v) is 16.6. The van der Waals surface area contributed by atoms with Crippen molar-refractivity contribution in [3.8, 4) is 68.3 Å². The zero-order valence-electron chi connectivity index (χ0n) is 27.1. The molecule has 0 atom stereocenters. The van der Waals surface area contributed by atoms with Crippen molar-refractivity contribution in [1.82, 2.24) is 29.9 Å². The lowest BCUT2D eigenvalue weighted by Crippen LogP contribution is -2.03. The molecule has 0 amide bonds. The van der Waals surface area contributed by atoms with E-state index in [1.807, 2.05) is 103 Å². The molecule has 2 heterocycles. The minimum atomic E-state index is -0.470. The number of benzene rings is 7. The molecule has 0 aliphatic rings. The monoisotopic (exact) mass is 658 g/mol. The van der Waals surface area contributed by atoms with Crippen molar-refractivity contribution in [1.29, 1.82) is 0 Å². The number of hydrogen-bond donors (Lipinski definition) is 0. The third-order valence-electron chi connectivity index (χ3n) is 8.84. The van der Waals surface area contributed by atoms with Gasteiger partial charge in [0, 0.05) is 27.8 Å². The van der Waals surface area contributed by atoms with Crippen molar-refractivity contribution in [3.63, 3.8) is 0 Å². The van der Waals surface area contributed by atoms with Crippen molar-refractivity contribution in [2.24, 2.45) is 0 Å². The van der Waals surface area contributed by atoms with Crippen LogP contribution in [0.4, 0.5) is 4.39 Å². The summed E-state index contributed by atoms with van der Waals surface area (Å²) >= 11 is 0. The molecule has 240 valence electrons. The van der Waals surface area contributed by atoms with E-state index < -0.39 is 5.82 Å². The van der Waals surface area contributed by atoms with E-state index in [2.05, 4.69) is 42.5 Å². The van der Waals surface area contributed by atoms with E-state index in [-0.39, 0.29) is 11.4 Å². The van der Waals surface area contributed by atoms with Crippen LogP contribution in [0.3, 0.4) is 0 Å². The average molecular weight is 659 g/mol. The molecule has 0 fully saturated rings. The molecule has 0 aliphatic carbocycles. The summed E-state index contributed by atoms with van der Waals surface area (Å²) in [6.45, 7) is 0. The maximum Gasteiger partial charge on any atom is 0.167 e. The Morgan fingerprint density at radius 3 is 1.27 bits per heavy atom. The van der Waals surface area contributed by atoms with Crippen LogP contribution in [0.2, 0.25) is 0 Å². The predicted molar refractivity (Wildman–Crippen MR) is 201 cm³/mol. The highest BCUT2D eigenvalue weighted by atomic mass is 19.1. The molecule has 7 heteroatoms. The lowest BCUT2D eigenvalue weighted by molar-refractivity contribution is 0.630. The Labute approximate surface area is 293 Å². The Morgan fingerprint density at radius 1 is 0.294 bits per heavy atom. The fourth-order valence-electron chi connectivity index (χ4n) is 6.27. The van der Waals surface area contributed by atoms with E-state index in [4.69, 9.17) is 29.9 Å². The smallest absolute Gasteiger partial charge is 0.167 e. The van der Waals surface area contributed by atoms with Crippen LogP contribution in [-0.2, 0) is 0 Å². The van der Waals surface area contributed by atoms with Crippen LogP contribution in [0.5, 0.6) is 0 Å². The quantitative estimate of drug-likeness (QED) is 0.166. The number of rotatable bonds is 6. The molecule has 0 saturated carbocycles. The summed E-state index contributed by atoms with van der Waals surface area (Å²) < 4.78 is 15.8. The molecule has 0 N–H and O–H groups in total. The maximum atomic E-state index is 15.8. The third kappa shape index (κ3) is 5.87. The number of nitrogens with zero attached hydrogens (tertiary/aromatic N) is 6. The summed E-state index contributed by atoms with van der Waals surface area (Å²) in [7, 11) is 0. The summed E-state index contributed by atoms with van der Waals surface area (Å²) in [6, 6.07) is 52.7. The normalized spacial score (nSPS) is 11.2. The molecule has 0 spiro atoms. The Morgan fingerprint density at radius 2 is 0.706 bits per heavy atom. The van der Waals surface area contributed by atoms with Gasteiger partial charge in [-0.05, 0) is 45.8 Å². The molecule has 51 heavy (non-hydrogen) atoms. The van der Waals surface area contributed by atoms with Gasteiger partial charge in [0.05, 0.1) is 5.56 Å². The lowest BCUT2D eigenvalue weighted by Gasteiger charge is -2.12. The number of fused-ring (bicyclic) bond motifs is 3. The first kappa shape index (κ1) is 30.1. The van der Waals surface area contributed by atoms with E-state index in [0.29, 0.717) is 34.7 Å². The molecule has 0 unspecified atom stereocenters. The van der Waals surface area contributed by atoms with E-state index in [9.17, 15) is 0 Å². The maximum absolute atomic E-state index is 15.8. The van der Waals surface area contributed by atoms with Gasteiger partial charge in [0.15, 0.2) is 34.9 Å². The summed E-state index contributed by atoms with van der Waals surface area (Å²) in [5, 5.41) is 4.60. The Hall–Kier alpha value is -6.99. The van der Waals surface area contributed by atoms with Crippen LogP contribution >= 0.6 is 0 Å². The zero-order valence-corrected chi connectivity index (χ0v) is 27.1. The van der Waals surface area contributed by atoms with Gasteiger partial charge in [-0.2, -0.15) is 0 Å². The fourth-order valence-corrected chi connectivity index (χ4v) is 6.27. The number of aromatic nitrogens is 6. The van der Waals surface area contributed by atoms with Gasteiger partial charge in [0.2, 0.25) is 0 Å². The first-order chi connectivity index (χ1) is 25.2.